The van der Waals surface area contributed by atoms with Crippen molar-refractivity contribution in [2.75, 3.05) is 48.3 Å². The van der Waals surface area contributed by atoms with Crippen LogP contribution in [0.3, 0.4) is 0 Å². The number of carbonyl (C=O) groups excluding carboxylic acids is 2. The zero-order valence-corrected chi connectivity index (χ0v) is 21.9. The summed E-state index contributed by atoms with van der Waals surface area (Å²) >= 11 is 0. The normalized spacial score (nSPS) is 24.3. The largest absolute Gasteiger partial charge is 0.446 e. The SMILES string of the molecule is C=C1CC(c2ccc3c(c2)N(C(=O)OC(C)C)C[C@H](C)N3C(C)=O)CN1CCN1CCCS1(=O)=O. The van der Waals surface area contributed by atoms with E-state index in [-0.39, 0.29) is 29.7 Å². The molecular weight excluding hydrogens is 468 g/mol. The quantitative estimate of drug-likeness (QED) is 0.612. The lowest BCUT2D eigenvalue weighted by molar-refractivity contribution is -0.117. The van der Waals surface area contributed by atoms with Crippen molar-refractivity contribution < 1.29 is 22.7 Å². The Labute approximate surface area is 208 Å². The predicted octanol–water partition coefficient (Wildman–Crippen LogP) is 3.13. The van der Waals surface area contributed by atoms with E-state index >= 15 is 0 Å². The van der Waals surface area contributed by atoms with E-state index < -0.39 is 16.1 Å². The molecule has 4 rings (SSSR count). The summed E-state index contributed by atoms with van der Waals surface area (Å²) in [5, 5.41) is 0. The number of rotatable bonds is 5. The summed E-state index contributed by atoms with van der Waals surface area (Å²) in [6, 6.07) is 5.75. The molecule has 3 aliphatic heterocycles. The molecule has 2 atom stereocenters. The van der Waals surface area contributed by atoms with Gasteiger partial charge in [0.2, 0.25) is 15.9 Å². The van der Waals surface area contributed by atoms with Gasteiger partial charge in [0.1, 0.15) is 0 Å². The van der Waals surface area contributed by atoms with Crippen LogP contribution in [-0.4, -0.2) is 80.2 Å². The first-order valence-corrected chi connectivity index (χ1v) is 13.9. The molecule has 2 amide bonds. The molecule has 2 fully saturated rings. The standard InChI is InChI=1S/C25H36N4O5S/c1-17(2)34-25(31)28-15-19(4)29(20(5)30)23-8-7-21(14-24(23)28)22-13-18(3)26(16-22)10-11-27-9-6-12-35(27,32)33/h7-8,14,17,19,22H,3,6,9-13,15-16H2,1-2,4-5H3/t19-,22?/m0/s1. The number of ether oxygens (including phenoxy) is 1. The van der Waals surface area contributed by atoms with Gasteiger partial charge in [-0.25, -0.2) is 17.5 Å². The smallest absolute Gasteiger partial charge is 0.414 e. The molecule has 1 aromatic carbocycles. The number of anilines is 2. The lowest BCUT2D eigenvalue weighted by Gasteiger charge is -2.40. The Morgan fingerprint density at radius 3 is 2.54 bits per heavy atom. The Balaban J connectivity index is 1.55. The fourth-order valence-electron chi connectivity index (χ4n) is 5.33. The maximum absolute atomic E-state index is 12.9. The van der Waals surface area contributed by atoms with Crippen LogP contribution in [0.1, 0.15) is 52.0 Å². The summed E-state index contributed by atoms with van der Waals surface area (Å²) in [6.45, 7) is 14.1. The van der Waals surface area contributed by atoms with Gasteiger partial charge in [0.15, 0.2) is 0 Å². The Kier molecular flexibility index (Phi) is 7.15. The van der Waals surface area contributed by atoms with Crippen LogP contribution in [0.4, 0.5) is 16.2 Å². The molecule has 0 aromatic heterocycles. The van der Waals surface area contributed by atoms with Gasteiger partial charge in [-0.2, -0.15) is 0 Å². The molecule has 0 bridgehead atoms. The van der Waals surface area contributed by atoms with Crippen molar-refractivity contribution in [3.05, 3.63) is 36.0 Å². The number of benzene rings is 1. The van der Waals surface area contributed by atoms with Crippen LogP contribution in [0.5, 0.6) is 0 Å². The molecule has 10 heteroatoms. The molecule has 1 aromatic rings. The Hall–Kier alpha value is -2.59. The fraction of sp³-hybridized carbons (Fsp3) is 0.600. The highest BCUT2D eigenvalue weighted by atomic mass is 32.2. The van der Waals surface area contributed by atoms with Crippen molar-refractivity contribution in [1.29, 1.82) is 0 Å². The summed E-state index contributed by atoms with van der Waals surface area (Å²) < 4.78 is 31.3. The molecule has 0 N–H and O–H groups in total. The van der Waals surface area contributed by atoms with Gasteiger partial charge >= 0.3 is 6.09 Å². The number of carbonyl (C=O) groups is 2. The molecule has 3 aliphatic rings. The van der Waals surface area contributed by atoms with E-state index in [1.54, 1.807) is 14.1 Å². The van der Waals surface area contributed by atoms with Gasteiger partial charge < -0.3 is 14.5 Å². The van der Waals surface area contributed by atoms with Crippen LogP contribution in [0.2, 0.25) is 0 Å². The number of fused-ring (bicyclic) bond motifs is 1. The average molecular weight is 505 g/mol. The molecular formula is C25H36N4O5S. The molecule has 1 unspecified atom stereocenters. The Morgan fingerprint density at radius 2 is 1.91 bits per heavy atom. The van der Waals surface area contributed by atoms with Crippen molar-refractivity contribution in [3.63, 3.8) is 0 Å². The molecule has 0 saturated carbocycles. The molecule has 0 spiro atoms. The van der Waals surface area contributed by atoms with Gasteiger partial charge in [0.05, 0.1) is 29.3 Å². The predicted molar refractivity (Wildman–Crippen MR) is 136 cm³/mol. The summed E-state index contributed by atoms with van der Waals surface area (Å²) in [5.74, 6) is 0.328. The summed E-state index contributed by atoms with van der Waals surface area (Å²) in [7, 11) is -3.12. The second-order valence-electron chi connectivity index (χ2n) is 10.0. The van der Waals surface area contributed by atoms with E-state index in [4.69, 9.17) is 4.74 Å². The van der Waals surface area contributed by atoms with E-state index in [1.165, 1.54) is 6.92 Å². The first-order chi connectivity index (χ1) is 16.5. The van der Waals surface area contributed by atoms with E-state index in [0.29, 0.717) is 44.0 Å². The molecule has 3 heterocycles. The molecule has 2 saturated heterocycles. The highest BCUT2D eigenvalue weighted by molar-refractivity contribution is 7.89. The highest BCUT2D eigenvalue weighted by Crippen LogP contribution is 2.41. The Bertz CT molecular complexity index is 1120. The minimum atomic E-state index is -3.12. The second kappa shape index (κ2) is 9.81. The van der Waals surface area contributed by atoms with Crippen molar-refractivity contribution in [2.45, 2.75) is 58.6 Å². The van der Waals surface area contributed by atoms with E-state index in [9.17, 15) is 18.0 Å². The zero-order chi connectivity index (χ0) is 25.5. The van der Waals surface area contributed by atoms with Crippen molar-refractivity contribution in [3.8, 4) is 0 Å². The van der Waals surface area contributed by atoms with E-state index in [0.717, 1.165) is 24.2 Å². The second-order valence-corrected chi connectivity index (χ2v) is 12.1. The maximum Gasteiger partial charge on any atom is 0.414 e. The lowest BCUT2D eigenvalue weighted by atomic mass is 9.95. The lowest BCUT2D eigenvalue weighted by Crippen LogP contribution is -2.51. The van der Waals surface area contributed by atoms with E-state index in [1.807, 2.05) is 39.0 Å². The van der Waals surface area contributed by atoms with Gasteiger partial charge in [-0.1, -0.05) is 12.6 Å². The van der Waals surface area contributed by atoms with Gasteiger partial charge in [-0.3, -0.25) is 9.69 Å². The topological polar surface area (TPSA) is 90.5 Å². The van der Waals surface area contributed by atoms with Crippen molar-refractivity contribution in [2.24, 2.45) is 0 Å². The van der Waals surface area contributed by atoms with Crippen LogP contribution in [-0.2, 0) is 19.6 Å². The number of hydrogen-bond acceptors (Lipinski definition) is 6. The number of sulfonamides is 1. The summed E-state index contributed by atoms with van der Waals surface area (Å²) in [5.41, 5.74) is 3.42. The number of amides is 2. The first kappa shape index (κ1) is 25.5. The van der Waals surface area contributed by atoms with Crippen LogP contribution in [0.15, 0.2) is 30.5 Å². The van der Waals surface area contributed by atoms with Crippen LogP contribution >= 0.6 is 0 Å². The van der Waals surface area contributed by atoms with Crippen LogP contribution in [0.25, 0.3) is 0 Å². The molecule has 35 heavy (non-hydrogen) atoms. The average Bonchev–Trinajstić information content (AvgIpc) is 3.31. The fourth-order valence-corrected chi connectivity index (χ4v) is 6.85. The minimum Gasteiger partial charge on any atom is -0.446 e. The van der Waals surface area contributed by atoms with E-state index in [2.05, 4.69) is 11.5 Å². The number of allylic oxidation sites excluding steroid dienone is 1. The summed E-state index contributed by atoms with van der Waals surface area (Å²) in [6.07, 6.45) is 0.778. The number of nitrogens with zero attached hydrogens (tertiary/aromatic N) is 4. The third-order valence-corrected chi connectivity index (χ3v) is 8.95. The third-order valence-electron chi connectivity index (χ3n) is 7.00. The maximum atomic E-state index is 12.9. The molecule has 0 aliphatic carbocycles. The monoisotopic (exact) mass is 504 g/mol. The molecule has 192 valence electrons. The van der Waals surface area contributed by atoms with Crippen LogP contribution < -0.4 is 9.80 Å². The van der Waals surface area contributed by atoms with Gasteiger partial charge in [0, 0.05) is 51.3 Å². The first-order valence-electron chi connectivity index (χ1n) is 12.3. The van der Waals surface area contributed by atoms with Crippen LogP contribution in [0, 0.1) is 0 Å². The van der Waals surface area contributed by atoms with Crippen molar-refractivity contribution in [1.82, 2.24) is 9.21 Å². The zero-order valence-electron chi connectivity index (χ0n) is 21.1. The van der Waals surface area contributed by atoms with Gasteiger partial charge in [-0.05, 0) is 51.3 Å². The van der Waals surface area contributed by atoms with Gasteiger partial charge in [-0.15, -0.1) is 0 Å². The summed E-state index contributed by atoms with van der Waals surface area (Å²) in [4.78, 5) is 30.8. The highest BCUT2D eigenvalue weighted by Gasteiger charge is 2.36. The number of likely N-dealkylation sites (tertiary alicyclic amines) is 1. The van der Waals surface area contributed by atoms with Crippen molar-refractivity contribution >= 4 is 33.4 Å². The minimum absolute atomic E-state index is 0.0688. The number of hydrogen-bond donors (Lipinski definition) is 0. The third kappa shape index (κ3) is 5.18. The molecule has 0 radical (unpaired) electrons. The Morgan fingerprint density at radius 1 is 1.17 bits per heavy atom. The van der Waals surface area contributed by atoms with Gasteiger partial charge in [0.25, 0.3) is 0 Å². The molecule has 9 nitrogen and oxygen atoms in total.